The number of hydrogen-bond donors (Lipinski definition) is 2. The number of alkyl halides is 3. The maximum absolute atomic E-state index is 13.3. The van der Waals surface area contributed by atoms with Crippen molar-refractivity contribution < 1.29 is 36.3 Å². The molecule has 2 aliphatic heterocycles. The number of nitrogens with zero attached hydrogens (tertiary/aromatic N) is 2. The lowest BCUT2D eigenvalue weighted by atomic mass is 10.0. The van der Waals surface area contributed by atoms with E-state index < -0.39 is 44.8 Å². The van der Waals surface area contributed by atoms with Gasteiger partial charge in [0.2, 0.25) is 15.9 Å². The number of piperidine rings is 1. The Morgan fingerprint density at radius 2 is 1.77 bits per heavy atom. The zero-order valence-corrected chi connectivity index (χ0v) is 18.6. The summed E-state index contributed by atoms with van der Waals surface area (Å²) in [6.07, 6.45) is -4.56. The molecule has 1 atom stereocenters. The van der Waals surface area contributed by atoms with E-state index in [0.29, 0.717) is 18.9 Å². The van der Waals surface area contributed by atoms with Gasteiger partial charge in [0, 0.05) is 30.1 Å². The average molecular weight is 528 g/mol. The van der Waals surface area contributed by atoms with Crippen LogP contribution in [0.25, 0.3) is 0 Å². The molecule has 0 spiro atoms. The summed E-state index contributed by atoms with van der Waals surface area (Å²) < 4.78 is 67.6. The van der Waals surface area contributed by atoms with Crippen molar-refractivity contribution in [3.05, 3.63) is 28.2 Å². The van der Waals surface area contributed by atoms with E-state index in [1.807, 2.05) is 0 Å². The van der Waals surface area contributed by atoms with E-state index in [-0.39, 0.29) is 42.9 Å². The first kappa shape index (κ1) is 23.8. The standard InChI is InChI=1S/C18H21BrF3N3O5S/c19-11-3-4-15(13(10-11)18(20,21)22)31(29,30)23-12-5-8-24(9-6-12)16(26)14-2-1-7-25(14)17(27)28/h3-4,10,12,14,23H,1-2,5-9H2,(H,27,28)/t14-/m1/s1. The van der Waals surface area contributed by atoms with Crippen LogP contribution in [0.1, 0.15) is 31.2 Å². The Morgan fingerprint density at radius 3 is 2.35 bits per heavy atom. The van der Waals surface area contributed by atoms with Crippen LogP contribution in [0, 0.1) is 0 Å². The number of hydrogen-bond acceptors (Lipinski definition) is 4. The Labute approximate surface area is 185 Å². The molecule has 2 N–H and O–H groups in total. The number of carboxylic acid groups (broad SMARTS) is 1. The van der Waals surface area contributed by atoms with Crippen molar-refractivity contribution in [2.24, 2.45) is 0 Å². The molecule has 2 fully saturated rings. The van der Waals surface area contributed by atoms with E-state index in [2.05, 4.69) is 20.7 Å². The lowest BCUT2D eigenvalue weighted by Gasteiger charge is -2.35. The average Bonchev–Trinajstić information content (AvgIpc) is 3.17. The highest BCUT2D eigenvalue weighted by atomic mass is 79.9. The van der Waals surface area contributed by atoms with Crippen molar-refractivity contribution in [1.82, 2.24) is 14.5 Å². The maximum Gasteiger partial charge on any atom is 0.417 e. The zero-order chi connectivity index (χ0) is 23.0. The van der Waals surface area contributed by atoms with Gasteiger partial charge in [0.05, 0.1) is 10.5 Å². The first-order valence-electron chi connectivity index (χ1n) is 9.57. The van der Waals surface area contributed by atoms with Crippen LogP contribution in [-0.2, 0) is 21.0 Å². The number of rotatable bonds is 4. The molecule has 0 bridgehead atoms. The molecule has 0 saturated carbocycles. The second-order valence-electron chi connectivity index (χ2n) is 7.49. The Bertz CT molecular complexity index is 965. The van der Waals surface area contributed by atoms with Gasteiger partial charge in [-0.2, -0.15) is 13.2 Å². The number of carbonyl (C=O) groups is 2. The van der Waals surface area contributed by atoms with Crippen LogP contribution in [0.5, 0.6) is 0 Å². The third-order valence-corrected chi connectivity index (χ3v) is 7.52. The van der Waals surface area contributed by atoms with Crippen molar-refractivity contribution in [1.29, 1.82) is 0 Å². The number of benzene rings is 1. The van der Waals surface area contributed by atoms with E-state index in [9.17, 15) is 36.3 Å². The van der Waals surface area contributed by atoms with Gasteiger partial charge >= 0.3 is 12.3 Å². The minimum atomic E-state index is -4.85. The molecule has 1 aromatic rings. The third-order valence-electron chi connectivity index (χ3n) is 5.45. The fourth-order valence-corrected chi connectivity index (χ4v) is 5.80. The number of halogens is 4. The molecule has 2 amide bonds. The van der Waals surface area contributed by atoms with Gasteiger partial charge in [0.1, 0.15) is 6.04 Å². The maximum atomic E-state index is 13.3. The van der Waals surface area contributed by atoms with Crippen LogP contribution in [0.15, 0.2) is 27.6 Å². The van der Waals surface area contributed by atoms with Crippen LogP contribution >= 0.6 is 15.9 Å². The number of likely N-dealkylation sites (tertiary alicyclic amines) is 2. The molecule has 31 heavy (non-hydrogen) atoms. The molecule has 8 nitrogen and oxygen atoms in total. The predicted molar refractivity (Wildman–Crippen MR) is 107 cm³/mol. The van der Waals surface area contributed by atoms with Gasteiger partial charge in [-0.15, -0.1) is 0 Å². The fraction of sp³-hybridized carbons (Fsp3) is 0.556. The van der Waals surface area contributed by atoms with E-state index >= 15 is 0 Å². The molecule has 0 aliphatic carbocycles. The molecule has 0 unspecified atom stereocenters. The first-order chi connectivity index (χ1) is 14.4. The van der Waals surface area contributed by atoms with E-state index in [1.165, 1.54) is 11.0 Å². The van der Waals surface area contributed by atoms with E-state index in [4.69, 9.17) is 0 Å². The smallest absolute Gasteiger partial charge is 0.417 e. The van der Waals surface area contributed by atoms with Crippen LogP contribution in [-0.4, -0.2) is 67.0 Å². The highest BCUT2D eigenvalue weighted by Crippen LogP contribution is 2.36. The number of carbonyl (C=O) groups excluding carboxylic acids is 1. The first-order valence-corrected chi connectivity index (χ1v) is 11.8. The Morgan fingerprint density at radius 1 is 1.13 bits per heavy atom. The summed E-state index contributed by atoms with van der Waals surface area (Å²) in [4.78, 5) is 25.7. The summed E-state index contributed by atoms with van der Waals surface area (Å²) in [6, 6.07) is 1.45. The minimum absolute atomic E-state index is 0.105. The van der Waals surface area contributed by atoms with Crippen molar-refractivity contribution in [2.45, 2.75) is 48.8 Å². The molecule has 2 aliphatic rings. The molecular weight excluding hydrogens is 507 g/mol. The fourth-order valence-electron chi connectivity index (χ4n) is 3.92. The lowest BCUT2D eigenvalue weighted by molar-refractivity contribution is -0.140. The van der Waals surface area contributed by atoms with Gasteiger partial charge < -0.3 is 10.0 Å². The molecule has 0 aromatic heterocycles. The molecule has 13 heteroatoms. The van der Waals surface area contributed by atoms with Crippen molar-refractivity contribution >= 4 is 38.0 Å². The van der Waals surface area contributed by atoms with Crippen LogP contribution in [0.3, 0.4) is 0 Å². The van der Waals surface area contributed by atoms with Crippen LogP contribution in [0.4, 0.5) is 18.0 Å². The van der Waals surface area contributed by atoms with Gasteiger partial charge in [0.15, 0.2) is 0 Å². The second-order valence-corrected chi connectivity index (χ2v) is 10.1. The van der Waals surface area contributed by atoms with Crippen LogP contribution in [0.2, 0.25) is 0 Å². The SMILES string of the molecule is O=C([C@H]1CCCN1C(=O)O)N1CCC(NS(=O)(=O)c2ccc(Br)cc2C(F)(F)F)CC1. The second kappa shape index (κ2) is 8.94. The molecule has 2 heterocycles. The van der Waals surface area contributed by atoms with E-state index in [0.717, 1.165) is 11.0 Å². The summed E-state index contributed by atoms with van der Waals surface area (Å²) in [5, 5.41) is 9.20. The van der Waals surface area contributed by atoms with E-state index in [1.54, 1.807) is 0 Å². The minimum Gasteiger partial charge on any atom is -0.465 e. The lowest BCUT2D eigenvalue weighted by Crippen LogP contribution is -2.52. The Balaban J connectivity index is 1.66. The van der Waals surface area contributed by atoms with Crippen molar-refractivity contribution in [3.63, 3.8) is 0 Å². The quantitative estimate of drug-likeness (QED) is 0.626. The van der Waals surface area contributed by atoms with Gasteiger partial charge in [-0.1, -0.05) is 15.9 Å². The summed E-state index contributed by atoms with van der Waals surface area (Å²) in [7, 11) is -4.44. The van der Waals surface area contributed by atoms with Crippen molar-refractivity contribution in [3.8, 4) is 0 Å². The molecule has 172 valence electrons. The number of amides is 2. The summed E-state index contributed by atoms with van der Waals surface area (Å²) >= 11 is 2.92. The monoisotopic (exact) mass is 527 g/mol. The summed E-state index contributed by atoms with van der Waals surface area (Å²) in [5.74, 6) is -0.325. The van der Waals surface area contributed by atoms with Gasteiger partial charge in [-0.3, -0.25) is 9.69 Å². The highest BCUT2D eigenvalue weighted by Gasteiger charge is 2.40. The molecule has 2 saturated heterocycles. The highest BCUT2D eigenvalue weighted by molar-refractivity contribution is 9.10. The Hall–Kier alpha value is -1.86. The molecule has 3 rings (SSSR count). The topological polar surface area (TPSA) is 107 Å². The Kier molecular flexibility index (Phi) is 6.87. The van der Waals surface area contributed by atoms with Gasteiger partial charge in [-0.05, 0) is 43.9 Å². The zero-order valence-electron chi connectivity index (χ0n) is 16.2. The normalized spacial score (nSPS) is 20.8. The van der Waals surface area contributed by atoms with Gasteiger partial charge in [0.25, 0.3) is 0 Å². The number of nitrogens with one attached hydrogen (secondary N) is 1. The molecule has 1 aromatic carbocycles. The summed E-state index contributed by atoms with van der Waals surface area (Å²) in [5.41, 5.74) is -1.27. The molecule has 0 radical (unpaired) electrons. The third kappa shape index (κ3) is 5.32. The summed E-state index contributed by atoms with van der Waals surface area (Å²) in [6.45, 7) is 0.654. The van der Waals surface area contributed by atoms with Crippen LogP contribution < -0.4 is 4.72 Å². The largest absolute Gasteiger partial charge is 0.465 e. The predicted octanol–water partition coefficient (Wildman–Crippen LogP) is 2.88. The number of sulfonamides is 1. The van der Waals surface area contributed by atoms with Gasteiger partial charge in [-0.25, -0.2) is 17.9 Å². The van der Waals surface area contributed by atoms with Crippen molar-refractivity contribution in [2.75, 3.05) is 19.6 Å². The molecular formula is C18H21BrF3N3O5S.